The molecule has 2 aromatic carbocycles. The summed E-state index contributed by atoms with van der Waals surface area (Å²) in [5, 5.41) is 3.95. The molecule has 0 saturated carbocycles. The van der Waals surface area contributed by atoms with Crippen LogP contribution in [0.1, 0.15) is 17.7 Å². The first-order chi connectivity index (χ1) is 13.2. The molecular formula is C19H15F2N3O3S. The highest BCUT2D eigenvalue weighted by Crippen LogP contribution is 2.30. The summed E-state index contributed by atoms with van der Waals surface area (Å²) in [7, 11) is -3.37. The molecule has 0 spiro atoms. The van der Waals surface area contributed by atoms with Crippen LogP contribution >= 0.6 is 0 Å². The van der Waals surface area contributed by atoms with Gasteiger partial charge < -0.3 is 4.42 Å². The van der Waals surface area contributed by atoms with Crippen LogP contribution in [0.25, 0.3) is 28.4 Å². The van der Waals surface area contributed by atoms with Gasteiger partial charge in [-0.3, -0.25) is 0 Å². The van der Waals surface area contributed by atoms with Gasteiger partial charge in [0.2, 0.25) is 5.89 Å². The fourth-order valence-corrected chi connectivity index (χ4v) is 3.46. The number of rotatable bonds is 4. The summed E-state index contributed by atoms with van der Waals surface area (Å²) in [5.41, 5.74) is 2.34. The number of halogens is 2. The Bertz CT molecular complexity index is 1280. The van der Waals surface area contributed by atoms with Gasteiger partial charge in [0.25, 0.3) is 6.43 Å². The number of oxazole rings is 1. The van der Waals surface area contributed by atoms with Crippen molar-refractivity contribution in [1.29, 1.82) is 0 Å². The molecule has 144 valence electrons. The molecule has 0 saturated heterocycles. The van der Waals surface area contributed by atoms with Gasteiger partial charge in [0.15, 0.2) is 15.4 Å². The van der Waals surface area contributed by atoms with Gasteiger partial charge in [0, 0.05) is 6.26 Å². The van der Waals surface area contributed by atoms with E-state index in [1.807, 2.05) is 19.1 Å². The molecule has 0 amide bonds. The van der Waals surface area contributed by atoms with Crippen molar-refractivity contribution in [2.75, 3.05) is 6.26 Å². The third kappa shape index (κ3) is 3.29. The van der Waals surface area contributed by atoms with Crippen molar-refractivity contribution in [2.45, 2.75) is 18.2 Å². The van der Waals surface area contributed by atoms with E-state index in [2.05, 4.69) is 10.1 Å². The number of hydrogen-bond acceptors (Lipinski definition) is 5. The van der Waals surface area contributed by atoms with Crippen LogP contribution in [0.15, 0.2) is 57.8 Å². The topological polar surface area (TPSA) is 78.0 Å². The number of sulfone groups is 1. The van der Waals surface area contributed by atoms with Crippen molar-refractivity contribution in [3.8, 4) is 17.3 Å². The number of aromatic nitrogens is 3. The van der Waals surface area contributed by atoms with E-state index >= 15 is 0 Å². The van der Waals surface area contributed by atoms with Gasteiger partial charge in [-0.25, -0.2) is 26.9 Å². The monoisotopic (exact) mass is 403 g/mol. The predicted octanol–water partition coefficient (Wildman–Crippen LogP) is 4.33. The first-order valence-electron chi connectivity index (χ1n) is 8.28. The molecule has 0 N–H and O–H groups in total. The first kappa shape index (κ1) is 18.3. The molecule has 9 heteroatoms. The molecule has 0 bridgehead atoms. The Morgan fingerprint density at radius 1 is 1.07 bits per heavy atom. The molecule has 0 fully saturated rings. The van der Waals surface area contributed by atoms with E-state index in [-0.39, 0.29) is 16.5 Å². The smallest absolute Gasteiger partial charge is 0.282 e. The minimum absolute atomic E-state index is 0.122. The SMILES string of the molecule is Cc1ccc2nc(-c3cc(C(F)F)nn3-c3ccc(S(C)(=O)=O)cc3)oc2c1. The van der Waals surface area contributed by atoms with Gasteiger partial charge in [-0.2, -0.15) is 5.10 Å². The average Bonchev–Trinajstić information content (AvgIpc) is 3.24. The Morgan fingerprint density at radius 2 is 1.79 bits per heavy atom. The Balaban J connectivity index is 1.87. The number of benzene rings is 2. The summed E-state index contributed by atoms with van der Waals surface area (Å²) in [5.74, 6) is 0.146. The zero-order chi connectivity index (χ0) is 20.1. The molecule has 0 aliphatic heterocycles. The lowest BCUT2D eigenvalue weighted by Gasteiger charge is -2.06. The van der Waals surface area contributed by atoms with Crippen LogP contribution in [0.2, 0.25) is 0 Å². The molecule has 2 heterocycles. The van der Waals surface area contributed by atoms with E-state index < -0.39 is 22.0 Å². The Hall–Kier alpha value is -3.07. The van der Waals surface area contributed by atoms with Gasteiger partial charge in [-0.15, -0.1) is 0 Å². The third-order valence-corrected chi connectivity index (χ3v) is 5.35. The van der Waals surface area contributed by atoms with Gasteiger partial charge in [-0.1, -0.05) is 6.07 Å². The lowest BCUT2D eigenvalue weighted by atomic mass is 10.2. The lowest BCUT2D eigenvalue weighted by molar-refractivity contribution is 0.145. The molecule has 0 aliphatic rings. The number of aryl methyl sites for hydroxylation is 1. The van der Waals surface area contributed by atoms with E-state index in [9.17, 15) is 17.2 Å². The normalized spacial score (nSPS) is 12.2. The molecule has 6 nitrogen and oxygen atoms in total. The third-order valence-electron chi connectivity index (χ3n) is 4.22. The first-order valence-corrected chi connectivity index (χ1v) is 10.2. The van der Waals surface area contributed by atoms with Crippen molar-refractivity contribution in [2.24, 2.45) is 0 Å². The Kier molecular flexibility index (Phi) is 4.26. The number of fused-ring (bicyclic) bond motifs is 1. The van der Waals surface area contributed by atoms with Crippen molar-refractivity contribution in [3.05, 3.63) is 59.8 Å². The maximum Gasteiger partial charge on any atom is 0.282 e. The van der Waals surface area contributed by atoms with Gasteiger partial charge in [0.1, 0.15) is 16.9 Å². The molecule has 0 atom stereocenters. The highest BCUT2D eigenvalue weighted by atomic mass is 32.2. The minimum Gasteiger partial charge on any atom is -0.435 e. The zero-order valence-corrected chi connectivity index (χ0v) is 15.7. The summed E-state index contributed by atoms with van der Waals surface area (Å²) in [4.78, 5) is 4.49. The van der Waals surface area contributed by atoms with Gasteiger partial charge in [0.05, 0.1) is 10.6 Å². The molecule has 4 aromatic rings. The highest BCUT2D eigenvalue weighted by molar-refractivity contribution is 7.90. The summed E-state index contributed by atoms with van der Waals surface area (Å²) < 4.78 is 56.8. The van der Waals surface area contributed by atoms with E-state index in [4.69, 9.17) is 4.42 Å². The zero-order valence-electron chi connectivity index (χ0n) is 14.9. The van der Waals surface area contributed by atoms with Crippen LogP contribution in [0.4, 0.5) is 8.78 Å². The van der Waals surface area contributed by atoms with Gasteiger partial charge in [-0.05, 0) is 55.0 Å². The molecule has 4 rings (SSSR count). The van der Waals surface area contributed by atoms with Gasteiger partial charge >= 0.3 is 0 Å². The van der Waals surface area contributed by atoms with E-state index in [1.54, 1.807) is 6.07 Å². The molecule has 2 aromatic heterocycles. The fraction of sp³-hybridized carbons (Fsp3) is 0.158. The quantitative estimate of drug-likeness (QED) is 0.507. The average molecular weight is 403 g/mol. The van der Waals surface area contributed by atoms with E-state index in [0.717, 1.165) is 11.8 Å². The maximum atomic E-state index is 13.3. The fourth-order valence-electron chi connectivity index (χ4n) is 2.83. The predicted molar refractivity (Wildman–Crippen MR) is 99.4 cm³/mol. The van der Waals surface area contributed by atoms with Crippen LogP contribution in [-0.4, -0.2) is 29.4 Å². The Labute approximate surface area is 159 Å². The standard InChI is InChI=1S/C19H15F2N3O3S/c1-11-3-8-14-17(9-11)27-19(22-14)16-10-15(18(20)21)23-24(16)12-4-6-13(7-5-12)28(2,25)26/h3-10,18H,1-2H3. The molecule has 28 heavy (non-hydrogen) atoms. The van der Waals surface area contributed by atoms with Crippen LogP contribution < -0.4 is 0 Å². The number of nitrogens with zero attached hydrogens (tertiary/aromatic N) is 3. The van der Waals surface area contributed by atoms with Crippen molar-refractivity contribution in [3.63, 3.8) is 0 Å². The van der Waals surface area contributed by atoms with Crippen LogP contribution in [0.3, 0.4) is 0 Å². The molecule has 0 unspecified atom stereocenters. The highest BCUT2D eigenvalue weighted by Gasteiger charge is 2.21. The summed E-state index contributed by atoms with van der Waals surface area (Å²) in [6.45, 7) is 1.91. The summed E-state index contributed by atoms with van der Waals surface area (Å²) in [6.07, 6.45) is -1.68. The largest absolute Gasteiger partial charge is 0.435 e. The number of alkyl halides is 2. The van der Waals surface area contributed by atoms with Crippen molar-refractivity contribution in [1.82, 2.24) is 14.8 Å². The van der Waals surface area contributed by atoms with E-state index in [0.29, 0.717) is 16.8 Å². The van der Waals surface area contributed by atoms with Crippen LogP contribution in [0.5, 0.6) is 0 Å². The Morgan fingerprint density at radius 3 is 2.43 bits per heavy atom. The second kappa shape index (κ2) is 6.52. The molecular weight excluding hydrogens is 388 g/mol. The van der Waals surface area contributed by atoms with Crippen molar-refractivity contribution >= 4 is 20.9 Å². The molecule has 0 radical (unpaired) electrons. The van der Waals surface area contributed by atoms with Crippen LogP contribution in [0, 0.1) is 6.92 Å². The second-order valence-electron chi connectivity index (χ2n) is 6.42. The van der Waals surface area contributed by atoms with E-state index in [1.165, 1.54) is 35.0 Å². The number of hydrogen-bond donors (Lipinski definition) is 0. The van der Waals surface area contributed by atoms with Crippen molar-refractivity contribution < 1.29 is 21.6 Å². The second-order valence-corrected chi connectivity index (χ2v) is 8.44. The maximum absolute atomic E-state index is 13.3. The van der Waals surface area contributed by atoms with Crippen LogP contribution in [-0.2, 0) is 9.84 Å². The summed E-state index contributed by atoms with van der Waals surface area (Å²) in [6, 6.07) is 12.5. The molecule has 0 aliphatic carbocycles. The summed E-state index contributed by atoms with van der Waals surface area (Å²) >= 11 is 0. The lowest BCUT2D eigenvalue weighted by Crippen LogP contribution is -2.02. The minimum atomic E-state index is -3.37.